The zero-order valence-electron chi connectivity index (χ0n) is 12.0. The number of fused-ring (bicyclic) bond motifs is 1. The fraction of sp³-hybridized carbons (Fsp3) is 0.929. The Hall–Kier alpha value is -0.610. The Labute approximate surface area is 111 Å². The lowest BCUT2D eigenvalue weighted by molar-refractivity contribution is -0.140. The highest BCUT2D eigenvalue weighted by Crippen LogP contribution is 2.22. The molecule has 1 N–H and O–H groups in total. The van der Waals surface area contributed by atoms with Crippen LogP contribution in [0.3, 0.4) is 0 Å². The highest BCUT2D eigenvalue weighted by atomic mass is 16.2. The van der Waals surface area contributed by atoms with Crippen molar-refractivity contribution < 1.29 is 4.79 Å². The van der Waals surface area contributed by atoms with Crippen molar-refractivity contribution >= 4 is 5.91 Å². The SMILES string of the molecule is CCNC(C)(C)C(=O)N1CCN2CCCCC2C1. The van der Waals surface area contributed by atoms with E-state index in [2.05, 4.69) is 15.1 Å². The van der Waals surface area contributed by atoms with E-state index >= 15 is 0 Å². The minimum Gasteiger partial charge on any atom is -0.338 e. The van der Waals surface area contributed by atoms with E-state index in [4.69, 9.17) is 0 Å². The molecule has 18 heavy (non-hydrogen) atoms. The number of amides is 1. The molecule has 104 valence electrons. The summed E-state index contributed by atoms with van der Waals surface area (Å²) in [5.74, 6) is 0.259. The van der Waals surface area contributed by atoms with Gasteiger partial charge in [-0.25, -0.2) is 0 Å². The minimum absolute atomic E-state index is 0.259. The van der Waals surface area contributed by atoms with Crippen LogP contribution in [0, 0.1) is 0 Å². The number of likely N-dealkylation sites (N-methyl/N-ethyl adjacent to an activating group) is 1. The summed E-state index contributed by atoms with van der Waals surface area (Å²) >= 11 is 0. The van der Waals surface area contributed by atoms with Crippen LogP contribution in [0.2, 0.25) is 0 Å². The minimum atomic E-state index is -0.425. The average molecular weight is 253 g/mol. The summed E-state index contributed by atoms with van der Waals surface area (Å²) in [4.78, 5) is 17.2. The van der Waals surface area contributed by atoms with Crippen molar-refractivity contribution in [3.63, 3.8) is 0 Å². The quantitative estimate of drug-likeness (QED) is 0.817. The normalized spacial score (nSPS) is 25.9. The van der Waals surface area contributed by atoms with Gasteiger partial charge in [0.25, 0.3) is 0 Å². The number of rotatable bonds is 3. The third kappa shape index (κ3) is 2.86. The Bertz CT molecular complexity index is 303. The van der Waals surface area contributed by atoms with E-state index in [1.165, 1.54) is 25.8 Å². The highest BCUT2D eigenvalue weighted by molar-refractivity contribution is 5.85. The Morgan fingerprint density at radius 2 is 2.06 bits per heavy atom. The fourth-order valence-electron chi connectivity index (χ4n) is 3.25. The first-order chi connectivity index (χ1) is 8.54. The second kappa shape index (κ2) is 5.57. The molecule has 2 aliphatic rings. The van der Waals surface area contributed by atoms with E-state index in [9.17, 15) is 4.79 Å². The van der Waals surface area contributed by atoms with Gasteiger partial charge in [0.15, 0.2) is 0 Å². The van der Waals surface area contributed by atoms with Crippen molar-refractivity contribution in [1.29, 1.82) is 0 Å². The van der Waals surface area contributed by atoms with Crippen LogP contribution in [0.15, 0.2) is 0 Å². The fourth-order valence-corrected chi connectivity index (χ4v) is 3.25. The number of piperazine rings is 1. The van der Waals surface area contributed by atoms with Gasteiger partial charge in [-0.15, -0.1) is 0 Å². The van der Waals surface area contributed by atoms with Crippen LogP contribution < -0.4 is 5.32 Å². The van der Waals surface area contributed by atoms with Crippen molar-refractivity contribution in [2.24, 2.45) is 0 Å². The van der Waals surface area contributed by atoms with Gasteiger partial charge >= 0.3 is 0 Å². The zero-order chi connectivity index (χ0) is 13.2. The molecule has 4 heteroatoms. The molecule has 0 aromatic rings. The molecule has 2 saturated heterocycles. The predicted octanol–water partition coefficient (Wildman–Crippen LogP) is 1.07. The summed E-state index contributed by atoms with van der Waals surface area (Å²) in [6, 6.07) is 0.605. The first-order valence-electron chi connectivity index (χ1n) is 7.33. The van der Waals surface area contributed by atoms with E-state index in [0.29, 0.717) is 6.04 Å². The Kier molecular flexibility index (Phi) is 4.28. The molecule has 0 spiro atoms. The largest absolute Gasteiger partial charge is 0.338 e. The van der Waals surface area contributed by atoms with Crippen molar-refractivity contribution in [3.05, 3.63) is 0 Å². The second-order valence-electron chi connectivity index (χ2n) is 6.09. The van der Waals surface area contributed by atoms with Gasteiger partial charge in [-0.1, -0.05) is 13.3 Å². The van der Waals surface area contributed by atoms with Crippen LogP contribution in [0.4, 0.5) is 0 Å². The maximum absolute atomic E-state index is 12.5. The van der Waals surface area contributed by atoms with Gasteiger partial charge in [0.1, 0.15) is 0 Å². The Morgan fingerprint density at radius 3 is 2.78 bits per heavy atom. The molecule has 2 aliphatic heterocycles. The smallest absolute Gasteiger partial charge is 0.242 e. The molecule has 2 rings (SSSR count). The number of hydrogen-bond acceptors (Lipinski definition) is 3. The molecule has 0 aromatic carbocycles. The molecular formula is C14H27N3O. The summed E-state index contributed by atoms with van der Waals surface area (Å²) in [5.41, 5.74) is -0.425. The predicted molar refractivity (Wildman–Crippen MR) is 73.5 cm³/mol. The van der Waals surface area contributed by atoms with E-state index in [1.807, 2.05) is 20.8 Å². The molecule has 0 aromatic heterocycles. The van der Waals surface area contributed by atoms with E-state index in [-0.39, 0.29) is 5.91 Å². The first kappa shape index (κ1) is 13.8. The molecule has 4 nitrogen and oxygen atoms in total. The van der Waals surface area contributed by atoms with Gasteiger partial charge in [0.05, 0.1) is 5.54 Å². The van der Waals surface area contributed by atoms with Crippen LogP contribution in [-0.4, -0.2) is 60.0 Å². The maximum Gasteiger partial charge on any atom is 0.242 e. The molecule has 2 heterocycles. The van der Waals surface area contributed by atoms with Gasteiger partial charge < -0.3 is 10.2 Å². The standard InChI is InChI=1S/C14H27N3O/c1-4-15-14(2,3)13(18)17-10-9-16-8-6-5-7-12(16)11-17/h12,15H,4-11H2,1-3H3. The molecule has 0 radical (unpaired) electrons. The van der Waals surface area contributed by atoms with Gasteiger partial charge in [-0.3, -0.25) is 9.69 Å². The maximum atomic E-state index is 12.5. The van der Waals surface area contributed by atoms with Crippen LogP contribution in [0.25, 0.3) is 0 Å². The third-order valence-corrected chi connectivity index (χ3v) is 4.28. The molecule has 2 fully saturated rings. The van der Waals surface area contributed by atoms with Crippen LogP contribution in [-0.2, 0) is 4.79 Å². The molecule has 1 atom stereocenters. The summed E-state index contributed by atoms with van der Waals surface area (Å²) in [7, 11) is 0. The number of nitrogens with one attached hydrogen (secondary N) is 1. The Morgan fingerprint density at radius 1 is 1.28 bits per heavy atom. The summed E-state index contributed by atoms with van der Waals surface area (Å²) < 4.78 is 0. The van der Waals surface area contributed by atoms with Gasteiger partial charge in [0, 0.05) is 25.7 Å². The monoisotopic (exact) mass is 253 g/mol. The van der Waals surface area contributed by atoms with Gasteiger partial charge in [-0.2, -0.15) is 0 Å². The lowest BCUT2D eigenvalue weighted by Crippen LogP contribution is -2.61. The van der Waals surface area contributed by atoms with Crippen molar-refractivity contribution in [1.82, 2.24) is 15.1 Å². The van der Waals surface area contributed by atoms with E-state index in [1.54, 1.807) is 0 Å². The highest BCUT2D eigenvalue weighted by Gasteiger charge is 2.36. The summed E-state index contributed by atoms with van der Waals surface area (Å²) in [5, 5.41) is 3.29. The topological polar surface area (TPSA) is 35.6 Å². The average Bonchev–Trinajstić information content (AvgIpc) is 2.37. The van der Waals surface area contributed by atoms with E-state index in [0.717, 1.165) is 26.2 Å². The van der Waals surface area contributed by atoms with Crippen LogP contribution in [0.5, 0.6) is 0 Å². The molecular weight excluding hydrogens is 226 g/mol. The molecule has 0 aliphatic carbocycles. The lowest BCUT2D eigenvalue weighted by atomic mass is 9.97. The summed E-state index contributed by atoms with van der Waals surface area (Å²) in [6.45, 7) is 11.0. The number of nitrogens with zero attached hydrogens (tertiary/aromatic N) is 2. The molecule has 0 saturated carbocycles. The number of carbonyl (C=O) groups excluding carboxylic acids is 1. The zero-order valence-corrected chi connectivity index (χ0v) is 12.0. The molecule has 1 amide bonds. The van der Waals surface area contributed by atoms with Crippen molar-refractivity contribution in [2.45, 2.75) is 51.6 Å². The number of hydrogen-bond donors (Lipinski definition) is 1. The molecule has 0 bridgehead atoms. The lowest BCUT2D eigenvalue weighted by Gasteiger charge is -2.45. The third-order valence-electron chi connectivity index (χ3n) is 4.28. The van der Waals surface area contributed by atoms with Crippen LogP contribution >= 0.6 is 0 Å². The van der Waals surface area contributed by atoms with Crippen molar-refractivity contribution in [3.8, 4) is 0 Å². The van der Waals surface area contributed by atoms with Gasteiger partial charge in [0.2, 0.25) is 5.91 Å². The summed E-state index contributed by atoms with van der Waals surface area (Å²) in [6.07, 6.45) is 3.90. The van der Waals surface area contributed by atoms with Crippen molar-refractivity contribution in [2.75, 3.05) is 32.7 Å². The first-order valence-corrected chi connectivity index (χ1v) is 7.33. The second-order valence-corrected chi connectivity index (χ2v) is 6.09. The molecule has 1 unspecified atom stereocenters. The number of piperidine rings is 1. The van der Waals surface area contributed by atoms with Gasteiger partial charge in [-0.05, 0) is 39.8 Å². The van der Waals surface area contributed by atoms with Crippen LogP contribution in [0.1, 0.15) is 40.0 Å². The van der Waals surface area contributed by atoms with E-state index < -0.39 is 5.54 Å². The Balaban J connectivity index is 1.96. The number of carbonyl (C=O) groups is 1.